The van der Waals surface area contributed by atoms with E-state index in [0.29, 0.717) is 6.04 Å². The summed E-state index contributed by atoms with van der Waals surface area (Å²) in [5, 5.41) is 2.93. The van der Waals surface area contributed by atoms with Gasteiger partial charge in [0, 0.05) is 12.1 Å². The number of carbonyl (C=O) groups excluding carboxylic acids is 1. The molecule has 0 saturated heterocycles. The Morgan fingerprint density at radius 1 is 1.50 bits per heavy atom. The molecule has 20 heavy (non-hydrogen) atoms. The van der Waals surface area contributed by atoms with Crippen LogP contribution in [-0.4, -0.2) is 24.6 Å². The zero-order valence-corrected chi connectivity index (χ0v) is 12.3. The number of amides is 1. The molecule has 1 aliphatic rings. The van der Waals surface area contributed by atoms with Crippen LogP contribution >= 0.6 is 0 Å². The molecular weight excluding hydrogens is 252 g/mol. The van der Waals surface area contributed by atoms with Crippen molar-refractivity contribution in [2.45, 2.75) is 51.6 Å². The highest BCUT2D eigenvalue weighted by Crippen LogP contribution is 2.25. The molecule has 3 N–H and O–H groups in total. The normalized spacial score (nSPS) is 15.8. The van der Waals surface area contributed by atoms with Crippen LogP contribution < -0.4 is 15.8 Å². The van der Waals surface area contributed by atoms with Gasteiger partial charge in [-0.3, -0.25) is 4.79 Å². The maximum absolute atomic E-state index is 11.7. The first-order valence-electron chi connectivity index (χ1n) is 7.36. The summed E-state index contributed by atoms with van der Waals surface area (Å²) in [4.78, 5) is 11.7. The lowest BCUT2D eigenvalue weighted by atomic mass is 10.0. The van der Waals surface area contributed by atoms with Crippen LogP contribution in [0.5, 0.6) is 5.75 Å². The van der Waals surface area contributed by atoms with Crippen LogP contribution in [0.3, 0.4) is 0 Å². The minimum absolute atomic E-state index is 0.0403. The second kappa shape index (κ2) is 6.75. The van der Waals surface area contributed by atoms with Gasteiger partial charge in [-0.25, -0.2) is 0 Å². The third kappa shape index (κ3) is 4.23. The fourth-order valence-corrected chi connectivity index (χ4v) is 2.14. The summed E-state index contributed by atoms with van der Waals surface area (Å²) in [6.07, 6.45) is 3.88. The summed E-state index contributed by atoms with van der Waals surface area (Å²) in [5.41, 5.74) is 8.15. The molecule has 1 aliphatic carbocycles. The Labute approximate surface area is 120 Å². The summed E-state index contributed by atoms with van der Waals surface area (Å²) in [7, 11) is 0. The van der Waals surface area contributed by atoms with Crippen molar-refractivity contribution < 1.29 is 9.53 Å². The van der Waals surface area contributed by atoms with Gasteiger partial charge in [0.25, 0.3) is 5.91 Å². The fourth-order valence-electron chi connectivity index (χ4n) is 2.14. The van der Waals surface area contributed by atoms with E-state index in [-0.39, 0.29) is 18.6 Å². The molecular formula is C16H24N2O2. The summed E-state index contributed by atoms with van der Waals surface area (Å²) < 4.78 is 5.74. The molecule has 2 rings (SSSR count). The van der Waals surface area contributed by atoms with Gasteiger partial charge in [-0.15, -0.1) is 0 Å². The average Bonchev–Trinajstić information content (AvgIpc) is 3.21. The van der Waals surface area contributed by atoms with E-state index in [2.05, 4.69) is 12.2 Å². The number of nitrogens with two attached hydrogens (primary N) is 1. The summed E-state index contributed by atoms with van der Waals surface area (Å²) in [6.45, 7) is 4.15. The molecule has 0 bridgehead atoms. The Morgan fingerprint density at radius 2 is 2.25 bits per heavy atom. The molecule has 0 aliphatic heterocycles. The van der Waals surface area contributed by atoms with Crippen LogP contribution in [0.25, 0.3) is 0 Å². The van der Waals surface area contributed by atoms with Crippen LogP contribution in [-0.2, 0) is 11.2 Å². The molecule has 0 radical (unpaired) electrons. The van der Waals surface area contributed by atoms with Crippen molar-refractivity contribution in [3.05, 3.63) is 29.3 Å². The average molecular weight is 276 g/mol. The van der Waals surface area contributed by atoms with E-state index in [0.717, 1.165) is 42.6 Å². The van der Waals surface area contributed by atoms with Crippen molar-refractivity contribution in [2.24, 2.45) is 5.73 Å². The third-order valence-corrected chi connectivity index (χ3v) is 3.59. The van der Waals surface area contributed by atoms with Crippen molar-refractivity contribution >= 4 is 5.91 Å². The number of nitrogens with one attached hydrogen (secondary N) is 1. The molecule has 0 heterocycles. The van der Waals surface area contributed by atoms with Crippen LogP contribution in [0.2, 0.25) is 0 Å². The van der Waals surface area contributed by atoms with Crippen LogP contribution in [0.4, 0.5) is 0 Å². The Balaban J connectivity index is 1.98. The van der Waals surface area contributed by atoms with Gasteiger partial charge >= 0.3 is 0 Å². The quantitative estimate of drug-likeness (QED) is 0.800. The van der Waals surface area contributed by atoms with Gasteiger partial charge in [0.2, 0.25) is 0 Å². The lowest BCUT2D eigenvalue weighted by molar-refractivity contribution is -0.123. The molecule has 1 saturated carbocycles. The van der Waals surface area contributed by atoms with Gasteiger partial charge < -0.3 is 15.8 Å². The number of carbonyl (C=O) groups is 1. The zero-order chi connectivity index (χ0) is 14.5. The molecule has 1 aromatic rings. The molecule has 4 nitrogen and oxygen atoms in total. The highest BCUT2D eigenvalue weighted by atomic mass is 16.5. The smallest absolute Gasteiger partial charge is 0.258 e. The van der Waals surface area contributed by atoms with Gasteiger partial charge in [0.15, 0.2) is 6.61 Å². The third-order valence-electron chi connectivity index (χ3n) is 3.59. The van der Waals surface area contributed by atoms with Crippen LogP contribution in [0, 0.1) is 6.92 Å². The Kier molecular flexibility index (Phi) is 5.01. The SMILES string of the molecule is CCC(N)Cc1cccc(C)c1OCC(=O)NC1CC1. The maximum Gasteiger partial charge on any atom is 0.258 e. The number of ether oxygens (including phenoxy) is 1. The van der Waals surface area contributed by atoms with Crippen molar-refractivity contribution in [2.75, 3.05) is 6.61 Å². The Hall–Kier alpha value is -1.55. The summed E-state index contributed by atoms with van der Waals surface area (Å²) >= 11 is 0. The maximum atomic E-state index is 11.7. The molecule has 0 spiro atoms. The van der Waals surface area contributed by atoms with E-state index in [1.807, 2.05) is 25.1 Å². The number of hydrogen-bond donors (Lipinski definition) is 2. The van der Waals surface area contributed by atoms with E-state index in [4.69, 9.17) is 10.5 Å². The van der Waals surface area contributed by atoms with Crippen molar-refractivity contribution in [1.29, 1.82) is 0 Å². The summed E-state index contributed by atoms with van der Waals surface area (Å²) in [5.74, 6) is 0.767. The number of hydrogen-bond acceptors (Lipinski definition) is 3. The van der Waals surface area contributed by atoms with E-state index in [1.54, 1.807) is 0 Å². The Morgan fingerprint density at radius 3 is 2.90 bits per heavy atom. The number of rotatable bonds is 7. The highest BCUT2D eigenvalue weighted by Gasteiger charge is 2.23. The van der Waals surface area contributed by atoms with Gasteiger partial charge in [-0.1, -0.05) is 25.1 Å². The number of aryl methyl sites for hydroxylation is 1. The second-order valence-corrected chi connectivity index (χ2v) is 5.57. The summed E-state index contributed by atoms with van der Waals surface area (Å²) in [6, 6.07) is 6.52. The molecule has 1 atom stereocenters. The zero-order valence-electron chi connectivity index (χ0n) is 12.3. The van der Waals surface area contributed by atoms with Gasteiger partial charge in [0.05, 0.1) is 0 Å². The fraction of sp³-hybridized carbons (Fsp3) is 0.562. The first-order chi connectivity index (χ1) is 9.60. The van der Waals surface area contributed by atoms with Gasteiger partial charge in [-0.2, -0.15) is 0 Å². The van der Waals surface area contributed by atoms with Crippen molar-refractivity contribution in [3.8, 4) is 5.75 Å². The standard InChI is InChI=1S/C16H24N2O2/c1-3-13(17)9-12-6-4-5-11(2)16(12)20-10-15(19)18-14-7-8-14/h4-6,13-14H,3,7-10,17H2,1-2H3,(H,18,19). The molecule has 1 fully saturated rings. The van der Waals surface area contributed by atoms with Crippen molar-refractivity contribution in [1.82, 2.24) is 5.32 Å². The highest BCUT2D eigenvalue weighted by molar-refractivity contribution is 5.78. The predicted octanol–water partition coefficient (Wildman–Crippen LogP) is 1.93. The molecule has 0 aromatic heterocycles. The van der Waals surface area contributed by atoms with Crippen LogP contribution in [0.1, 0.15) is 37.3 Å². The van der Waals surface area contributed by atoms with Gasteiger partial charge in [0.1, 0.15) is 5.75 Å². The molecule has 1 amide bonds. The van der Waals surface area contributed by atoms with Gasteiger partial charge in [-0.05, 0) is 43.7 Å². The lowest BCUT2D eigenvalue weighted by Crippen LogP contribution is -2.31. The monoisotopic (exact) mass is 276 g/mol. The lowest BCUT2D eigenvalue weighted by Gasteiger charge is -2.16. The number of benzene rings is 1. The van der Waals surface area contributed by atoms with Crippen LogP contribution in [0.15, 0.2) is 18.2 Å². The number of para-hydroxylation sites is 1. The van der Waals surface area contributed by atoms with E-state index in [1.165, 1.54) is 0 Å². The van der Waals surface area contributed by atoms with Crippen molar-refractivity contribution in [3.63, 3.8) is 0 Å². The Bertz CT molecular complexity index is 470. The molecule has 1 aromatic carbocycles. The topological polar surface area (TPSA) is 64.3 Å². The first kappa shape index (κ1) is 14.9. The molecule has 4 heteroatoms. The molecule has 110 valence electrons. The molecule has 1 unspecified atom stereocenters. The predicted molar refractivity (Wildman–Crippen MR) is 79.8 cm³/mol. The minimum atomic E-state index is -0.0403. The van der Waals surface area contributed by atoms with E-state index >= 15 is 0 Å². The van der Waals surface area contributed by atoms with E-state index in [9.17, 15) is 4.79 Å². The first-order valence-corrected chi connectivity index (χ1v) is 7.36. The second-order valence-electron chi connectivity index (χ2n) is 5.57. The van der Waals surface area contributed by atoms with E-state index < -0.39 is 0 Å². The minimum Gasteiger partial charge on any atom is -0.483 e. The largest absolute Gasteiger partial charge is 0.483 e.